The van der Waals surface area contributed by atoms with Crippen LogP contribution < -0.4 is 0 Å². The zero-order valence-electron chi connectivity index (χ0n) is 6.97. The van der Waals surface area contributed by atoms with Crippen LogP contribution in [0.4, 0.5) is 4.39 Å². The van der Waals surface area contributed by atoms with Crippen molar-refractivity contribution in [3.8, 4) is 0 Å². The minimum atomic E-state index is -0.250. The van der Waals surface area contributed by atoms with E-state index in [0.717, 1.165) is 21.6 Å². The number of nitrogens with zero attached hydrogens (tertiary/aromatic N) is 1. The lowest BCUT2D eigenvalue weighted by Gasteiger charge is -1.91. The van der Waals surface area contributed by atoms with E-state index >= 15 is 0 Å². The summed E-state index contributed by atoms with van der Waals surface area (Å²) in [5, 5.41) is 1.05. The first-order valence-electron chi connectivity index (χ1n) is 3.95. The number of aromatic nitrogens is 1. The molecule has 1 aromatic heterocycles. The predicted molar refractivity (Wildman–Crippen MR) is 56.7 cm³/mol. The topological polar surface area (TPSA) is 12.9 Å². The Morgan fingerprint density at radius 1 is 1.54 bits per heavy atom. The normalized spacial score (nSPS) is 11.0. The van der Waals surface area contributed by atoms with Crippen molar-refractivity contribution in [3.63, 3.8) is 0 Å². The lowest BCUT2D eigenvalue weighted by Crippen LogP contribution is -1.77. The maximum atomic E-state index is 13.1. The highest BCUT2D eigenvalue weighted by Gasteiger charge is 2.06. The first-order valence-corrected chi connectivity index (χ1v) is 5.56. The maximum Gasteiger partial charge on any atom is 0.139 e. The zero-order valence-corrected chi connectivity index (χ0v) is 9.38. The quantitative estimate of drug-likeness (QED) is 0.760. The van der Waals surface area contributed by atoms with E-state index in [1.807, 2.05) is 6.92 Å². The van der Waals surface area contributed by atoms with Gasteiger partial charge in [-0.2, -0.15) is 0 Å². The highest BCUT2D eigenvalue weighted by molar-refractivity contribution is 9.10. The Morgan fingerprint density at radius 2 is 2.31 bits per heavy atom. The summed E-state index contributed by atoms with van der Waals surface area (Å²) in [6.07, 6.45) is 0.901. The first kappa shape index (κ1) is 9.09. The van der Waals surface area contributed by atoms with E-state index in [1.165, 1.54) is 6.07 Å². The molecule has 1 nitrogen and oxygen atoms in total. The minimum Gasteiger partial charge on any atom is -0.241 e. The number of halogens is 2. The number of hydrogen-bond donors (Lipinski definition) is 0. The van der Waals surface area contributed by atoms with Crippen molar-refractivity contribution < 1.29 is 4.39 Å². The number of hydrogen-bond acceptors (Lipinski definition) is 2. The summed E-state index contributed by atoms with van der Waals surface area (Å²) >= 11 is 4.76. The van der Waals surface area contributed by atoms with Crippen LogP contribution in [0.25, 0.3) is 10.2 Å². The summed E-state index contributed by atoms with van der Waals surface area (Å²) in [6.45, 7) is 2.04. The Kier molecular flexibility index (Phi) is 2.34. The molecular weight excluding hydrogens is 253 g/mol. The average molecular weight is 260 g/mol. The van der Waals surface area contributed by atoms with E-state index in [1.54, 1.807) is 17.4 Å². The van der Waals surface area contributed by atoms with Crippen LogP contribution in [0.5, 0.6) is 0 Å². The van der Waals surface area contributed by atoms with Crippen LogP contribution in [0.2, 0.25) is 0 Å². The molecule has 0 saturated carbocycles. The van der Waals surface area contributed by atoms with Crippen molar-refractivity contribution in [2.45, 2.75) is 13.3 Å². The number of fused-ring (bicyclic) bond motifs is 1. The molecule has 2 aromatic rings. The minimum absolute atomic E-state index is 0.250. The second-order valence-electron chi connectivity index (χ2n) is 2.70. The molecule has 0 unspecified atom stereocenters. The molecule has 0 radical (unpaired) electrons. The molecule has 0 aliphatic rings. The molecule has 0 aliphatic heterocycles. The van der Waals surface area contributed by atoms with E-state index in [0.29, 0.717) is 4.47 Å². The fourth-order valence-corrected chi connectivity index (χ4v) is 2.55. The molecule has 2 rings (SSSR count). The van der Waals surface area contributed by atoms with Gasteiger partial charge in [-0.1, -0.05) is 6.92 Å². The molecule has 13 heavy (non-hydrogen) atoms. The fourth-order valence-electron chi connectivity index (χ4n) is 1.12. The summed E-state index contributed by atoms with van der Waals surface area (Å²) in [5.41, 5.74) is 0.752. The van der Waals surface area contributed by atoms with Gasteiger partial charge >= 0.3 is 0 Å². The van der Waals surface area contributed by atoms with Gasteiger partial charge in [-0.15, -0.1) is 11.3 Å². The third kappa shape index (κ3) is 1.60. The van der Waals surface area contributed by atoms with Gasteiger partial charge in [0.25, 0.3) is 0 Å². The van der Waals surface area contributed by atoms with Crippen molar-refractivity contribution >= 4 is 37.5 Å². The summed E-state index contributed by atoms with van der Waals surface area (Å²) in [7, 11) is 0. The second kappa shape index (κ2) is 3.35. The highest BCUT2D eigenvalue weighted by Crippen LogP contribution is 2.27. The summed E-state index contributed by atoms with van der Waals surface area (Å²) < 4.78 is 14.6. The van der Waals surface area contributed by atoms with E-state index in [-0.39, 0.29) is 5.82 Å². The Morgan fingerprint density at radius 3 is 3.00 bits per heavy atom. The number of thiazole rings is 1. The predicted octanol–water partition coefficient (Wildman–Crippen LogP) is 3.76. The van der Waals surface area contributed by atoms with Gasteiger partial charge in [-0.05, 0) is 28.4 Å². The Labute approximate surface area is 87.7 Å². The Hall–Kier alpha value is -0.480. The van der Waals surface area contributed by atoms with Gasteiger partial charge in [-0.25, -0.2) is 9.37 Å². The average Bonchev–Trinajstić information content (AvgIpc) is 2.48. The third-order valence-corrected chi connectivity index (χ3v) is 3.55. The molecule has 0 N–H and O–H groups in total. The molecule has 0 spiro atoms. The van der Waals surface area contributed by atoms with Gasteiger partial charge in [0.1, 0.15) is 5.82 Å². The van der Waals surface area contributed by atoms with E-state index in [4.69, 9.17) is 0 Å². The summed E-state index contributed by atoms with van der Waals surface area (Å²) in [4.78, 5) is 4.29. The summed E-state index contributed by atoms with van der Waals surface area (Å²) in [5.74, 6) is -0.250. The molecule has 0 aliphatic carbocycles. The third-order valence-electron chi connectivity index (χ3n) is 1.78. The summed E-state index contributed by atoms with van der Waals surface area (Å²) in [6, 6.07) is 3.25. The molecule has 0 saturated heterocycles. The van der Waals surface area contributed by atoms with Crippen LogP contribution in [0, 0.1) is 5.82 Å². The number of benzene rings is 1. The lowest BCUT2D eigenvalue weighted by atomic mass is 10.3. The van der Waals surface area contributed by atoms with E-state index in [2.05, 4.69) is 20.9 Å². The highest BCUT2D eigenvalue weighted by atomic mass is 79.9. The zero-order chi connectivity index (χ0) is 9.42. The van der Waals surface area contributed by atoms with Crippen LogP contribution in [0.15, 0.2) is 16.6 Å². The SMILES string of the molecule is CCc1nc2cc(F)c(Br)cc2s1. The van der Waals surface area contributed by atoms with Crippen LogP contribution in [-0.4, -0.2) is 4.98 Å². The molecule has 0 bridgehead atoms. The molecule has 0 atom stereocenters. The largest absolute Gasteiger partial charge is 0.241 e. The number of aryl methyl sites for hydroxylation is 1. The molecule has 1 heterocycles. The van der Waals surface area contributed by atoms with Crippen molar-refractivity contribution in [2.24, 2.45) is 0 Å². The first-order chi connectivity index (χ1) is 6.20. The molecular formula is C9H7BrFNS. The van der Waals surface area contributed by atoms with Gasteiger partial charge in [-0.3, -0.25) is 0 Å². The van der Waals surface area contributed by atoms with Gasteiger partial charge in [0.2, 0.25) is 0 Å². The molecule has 0 amide bonds. The van der Waals surface area contributed by atoms with Crippen molar-refractivity contribution in [1.82, 2.24) is 4.98 Å². The smallest absolute Gasteiger partial charge is 0.139 e. The molecule has 0 fully saturated rings. The van der Waals surface area contributed by atoms with Crippen LogP contribution >= 0.6 is 27.3 Å². The molecule has 1 aromatic carbocycles. The molecule has 68 valence electrons. The fraction of sp³-hybridized carbons (Fsp3) is 0.222. The van der Waals surface area contributed by atoms with Crippen LogP contribution in [0.1, 0.15) is 11.9 Å². The van der Waals surface area contributed by atoms with E-state index < -0.39 is 0 Å². The second-order valence-corrected chi connectivity index (χ2v) is 4.66. The Bertz CT molecular complexity index is 413. The standard InChI is InChI=1S/C9H7BrFNS/c1-2-9-12-7-4-6(11)5(10)3-8(7)13-9/h3-4H,2H2,1H3. The lowest BCUT2D eigenvalue weighted by molar-refractivity contribution is 0.623. The van der Waals surface area contributed by atoms with E-state index in [9.17, 15) is 4.39 Å². The Balaban J connectivity index is 2.70. The van der Waals surface area contributed by atoms with Crippen molar-refractivity contribution in [1.29, 1.82) is 0 Å². The number of rotatable bonds is 1. The molecule has 4 heteroatoms. The van der Waals surface area contributed by atoms with Gasteiger partial charge in [0.15, 0.2) is 0 Å². The van der Waals surface area contributed by atoms with Crippen molar-refractivity contribution in [3.05, 3.63) is 27.4 Å². The van der Waals surface area contributed by atoms with Gasteiger partial charge < -0.3 is 0 Å². The van der Waals surface area contributed by atoms with Crippen LogP contribution in [0.3, 0.4) is 0 Å². The maximum absolute atomic E-state index is 13.1. The van der Waals surface area contributed by atoms with Crippen molar-refractivity contribution in [2.75, 3.05) is 0 Å². The monoisotopic (exact) mass is 259 g/mol. The van der Waals surface area contributed by atoms with Crippen LogP contribution in [-0.2, 0) is 6.42 Å². The van der Waals surface area contributed by atoms with Gasteiger partial charge in [0.05, 0.1) is 19.7 Å². The van der Waals surface area contributed by atoms with Gasteiger partial charge in [0, 0.05) is 6.07 Å².